The maximum atomic E-state index is 8.04. The standard InChI is InChI=1S/C78H86BN3OS/c1-71(2)32-34-73(5,6)56-40-48(27-30-54(56)71)81-61-46-59-58(75(9,10)36-37-76(59,11)12)45-60(61)79-67-62(81)42-51(80(47-22-18-17-19-23-47)50-26-29-53-52-24-20-21-25-64(52)84-65(53)44-50)43-63(67)82(49-28-31-55-57(41-49)74(7,8)35-33-72(55,3)4)68-66-69(83-70(68)79)78(15,16)39-38-77(66,13)14/h17-31,40-46H,32-39H2,1-16H3. The zero-order valence-corrected chi connectivity index (χ0v) is 53.9. The van der Waals surface area contributed by atoms with E-state index in [1.165, 1.54) is 117 Å². The normalized spacial score (nSPS) is 20.9. The largest absolute Gasteiger partial charge is 0.472 e. The molecular weight excluding hydrogens is 1040 g/mol. The van der Waals surface area contributed by atoms with Crippen molar-refractivity contribution in [3.8, 4) is 0 Å². The van der Waals surface area contributed by atoms with Crippen molar-refractivity contribution in [1.82, 2.24) is 0 Å². The van der Waals surface area contributed by atoms with Crippen LogP contribution in [0.1, 0.15) is 207 Å². The Morgan fingerprint density at radius 3 is 1.49 bits per heavy atom. The Balaban J connectivity index is 1.11. The number of anilines is 9. The number of para-hydroxylation sites is 1. The van der Waals surface area contributed by atoms with Crippen LogP contribution in [0.3, 0.4) is 0 Å². The first-order valence-corrected chi connectivity index (χ1v) is 32.6. The van der Waals surface area contributed by atoms with E-state index in [-0.39, 0.29) is 50.0 Å². The van der Waals surface area contributed by atoms with Crippen LogP contribution in [-0.2, 0) is 43.3 Å². The second-order valence-electron chi connectivity index (χ2n) is 32.0. The van der Waals surface area contributed by atoms with Gasteiger partial charge in [0.25, 0.3) is 6.71 Å². The van der Waals surface area contributed by atoms with Gasteiger partial charge in [0.15, 0.2) is 0 Å². The lowest BCUT2D eigenvalue weighted by atomic mass is 9.35. The van der Waals surface area contributed by atoms with Gasteiger partial charge in [-0.25, -0.2) is 0 Å². The Morgan fingerprint density at radius 2 is 0.881 bits per heavy atom. The van der Waals surface area contributed by atoms with E-state index in [0.29, 0.717) is 0 Å². The summed E-state index contributed by atoms with van der Waals surface area (Å²) >= 11 is 1.90. The lowest BCUT2D eigenvalue weighted by Gasteiger charge is -2.48. The quantitative estimate of drug-likeness (QED) is 0.160. The van der Waals surface area contributed by atoms with Gasteiger partial charge in [-0.15, -0.1) is 11.3 Å². The first-order valence-electron chi connectivity index (χ1n) is 31.8. The van der Waals surface area contributed by atoms with Crippen molar-refractivity contribution in [1.29, 1.82) is 0 Å². The van der Waals surface area contributed by atoms with Crippen molar-refractivity contribution in [2.75, 3.05) is 14.7 Å². The summed E-state index contributed by atoms with van der Waals surface area (Å²) in [4.78, 5) is 8.04. The first-order chi connectivity index (χ1) is 39.6. The molecule has 428 valence electrons. The predicted molar refractivity (Wildman–Crippen MR) is 361 cm³/mol. The van der Waals surface area contributed by atoms with Gasteiger partial charge < -0.3 is 19.1 Å². The molecule has 0 atom stereocenters. The Morgan fingerprint density at radius 1 is 0.393 bits per heavy atom. The van der Waals surface area contributed by atoms with Gasteiger partial charge in [0, 0.05) is 71.0 Å². The van der Waals surface area contributed by atoms with Crippen LogP contribution in [0.5, 0.6) is 0 Å². The molecule has 0 spiro atoms. The van der Waals surface area contributed by atoms with E-state index in [0.717, 1.165) is 67.0 Å². The average Bonchev–Trinajstić information content (AvgIpc) is 1.47. The van der Waals surface area contributed by atoms with E-state index >= 15 is 0 Å². The summed E-state index contributed by atoms with van der Waals surface area (Å²) in [5.74, 6) is 1.16. The van der Waals surface area contributed by atoms with Gasteiger partial charge in [-0.1, -0.05) is 171 Å². The van der Waals surface area contributed by atoms with Crippen LogP contribution < -0.4 is 31.3 Å². The van der Waals surface area contributed by atoms with Crippen LogP contribution in [0.2, 0.25) is 0 Å². The van der Waals surface area contributed by atoms with Gasteiger partial charge in [-0.3, -0.25) is 0 Å². The second kappa shape index (κ2) is 17.6. The molecule has 2 aromatic heterocycles. The molecule has 4 heterocycles. The Bertz CT molecular complexity index is 4250. The number of fused-ring (bicyclic) bond motifs is 12. The van der Waals surface area contributed by atoms with Crippen molar-refractivity contribution in [2.24, 2.45) is 0 Å². The first kappa shape index (κ1) is 54.2. The summed E-state index contributed by atoms with van der Waals surface area (Å²) in [5, 5.41) is 2.62. The number of nitrogens with zero attached hydrogens (tertiary/aromatic N) is 3. The molecule has 0 N–H and O–H groups in total. The molecule has 7 aromatic carbocycles. The molecule has 6 heteroatoms. The molecule has 0 radical (unpaired) electrons. The Hall–Kier alpha value is -6.50. The van der Waals surface area contributed by atoms with E-state index in [4.69, 9.17) is 4.42 Å². The van der Waals surface area contributed by atoms with Crippen molar-refractivity contribution in [3.05, 3.63) is 178 Å². The topological polar surface area (TPSA) is 22.9 Å². The number of thiophene rings is 1. The van der Waals surface area contributed by atoms with Crippen molar-refractivity contribution >= 4 is 106 Å². The molecule has 0 bridgehead atoms. The maximum Gasteiger partial charge on any atom is 0.297 e. The lowest BCUT2D eigenvalue weighted by molar-refractivity contribution is 0.282. The molecular formula is C78H86BN3OS. The van der Waals surface area contributed by atoms with Gasteiger partial charge in [0.05, 0.1) is 17.0 Å². The van der Waals surface area contributed by atoms with Crippen LogP contribution in [0.25, 0.3) is 20.2 Å². The number of furan rings is 1. The van der Waals surface area contributed by atoms with Crippen LogP contribution in [0, 0.1) is 0 Å². The van der Waals surface area contributed by atoms with Crippen LogP contribution in [-0.4, -0.2) is 6.71 Å². The van der Waals surface area contributed by atoms with Crippen LogP contribution in [0.15, 0.2) is 138 Å². The fourth-order valence-corrected chi connectivity index (χ4v) is 17.9. The minimum Gasteiger partial charge on any atom is -0.472 e. The number of rotatable bonds is 5. The minimum absolute atomic E-state index is 0.0000723. The number of benzene rings is 7. The van der Waals surface area contributed by atoms with E-state index < -0.39 is 0 Å². The van der Waals surface area contributed by atoms with Crippen LogP contribution in [0.4, 0.5) is 51.2 Å². The molecule has 0 unspecified atom stereocenters. The average molecular weight is 1120 g/mol. The molecule has 15 rings (SSSR count). The predicted octanol–water partition coefficient (Wildman–Crippen LogP) is 20.6. The third-order valence-corrected chi connectivity index (χ3v) is 23.7. The van der Waals surface area contributed by atoms with Gasteiger partial charge in [-0.05, 0) is 206 Å². The van der Waals surface area contributed by atoms with E-state index in [9.17, 15) is 0 Å². The fraction of sp³-hybridized carbons (Fsp3) is 0.410. The van der Waals surface area contributed by atoms with Gasteiger partial charge in [0.1, 0.15) is 5.76 Å². The second-order valence-corrected chi connectivity index (χ2v) is 33.0. The monoisotopic (exact) mass is 1120 g/mol. The number of hydrogen-bond donors (Lipinski definition) is 0. The van der Waals surface area contributed by atoms with E-state index in [1.807, 2.05) is 11.3 Å². The van der Waals surface area contributed by atoms with Crippen LogP contribution >= 0.6 is 11.3 Å². The Labute approximate surface area is 505 Å². The molecule has 4 nitrogen and oxygen atoms in total. The molecule has 0 saturated heterocycles. The zero-order valence-electron chi connectivity index (χ0n) is 53.1. The zero-order chi connectivity index (χ0) is 58.8. The summed E-state index contributed by atoms with van der Waals surface area (Å²) < 4.78 is 10.6. The highest BCUT2D eigenvalue weighted by molar-refractivity contribution is 7.25. The smallest absolute Gasteiger partial charge is 0.297 e. The highest BCUT2D eigenvalue weighted by Crippen LogP contribution is 2.59. The SMILES string of the molecule is CC1(C)CCC(C)(C)c2cc(N3c4cc5c(cc4B4c6oc7c(c6N(c6ccc8c(c6)C(C)(C)CCC8(C)C)c6cc(N(c8ccccc8)c8ccc9c(c8)sc8ccccc89)cc3c64)C(C)(C)CCC7(C)C)C(C)(C)CCC5(C)C)ccc21. The van der Waals surface area contributed by atoms with Gasteiger partial charge in [0.2, 0.25) is 0 Å². The third-order valence-electron chi connectivity index (χ3n) is 22.6. The van der Waals surface area contributed by atoms with E-state index in [2.05, 4.69) is 259 Å². The fourth-order valence-electron chi connectivity index (χ4n) is 16.8. The molecule has 2 aliphatic heterocycles. The molecule has 4 aliphatic carbocycles. The molecule has 9 aromatic rings. The minimum atomic E-state index is -0.175. The summed E-state index contributed by atoms with van der Waals surface area (Å²) in [7, 11) is 0. The highest BCUT2D eigenvalue weighted by atomic mass is 32.1. The molecule has 0 saturated carbocycles. The molecule has 0 amide bonds. The maximum absolute atomic E-state index is 8.04. The summed E-state index contributed by atoms with van der Waals surface area (Å²) in [6.07, 6.45) is 9.06. The molecule has 84 heavy (non-hydrogen) atoms. The van der Waals surface area contributed by atoms with Gasteiger partial charge >= 0.3 is 0 Å². The van der Waals surface area contributed by atoms with Crippen molar-refractivity contribution < 1.29 is 4.42 Å². The number of hydrogen-bond acceptors (Lipinski definition) is 5. The third kappa shape index (κ3) is 7.82. The van der Waals surface area contributed by atoms with Gasteiger partial charge in [-0.2, -0.15) is 0 Å². The highest BCUT2D eigenvalue weighted by Gasteiger charge is 2.54. The summed E-state index contributed by atoms with van der Waals surface area (Å²) in [6, 6.07) is 53.1. The molecule has 6 aliphatic rings. The molecule has 0 fully saturated rings. The van der Waals surface area contributed by atoms with Crippen molar-refractivity contribution in [2.45, 2.75) is 205 Å². The van der Waals surface area contributed by atoms with E-state index in [1.54, 1.807) is 0 Å². The summed E-state index contributed by atoms with van der Waals surface area (Å²) in [6.45, 7) is 39.5. The van der Waals surface area contributed by atoms with Crippen molar-refractivity contribution in [3.63, 3.8) is 0 Å². The summed E-state index contributed by atoms with van der Waals surface area (Å²) in [5.41, 5.74) is 24.6. The Kier molecular flexibility index (Phi) is 11.3. The lowest BCUT2D eigenvalue weighted by Crippen LogP contribution is -2.61.